The molecule has 2 aromatic heterocycles. The number of benzene rings is 2. The monoisotopic (exact) mass is 467 g/mol. The van der Waals surface area contributed by atoms with E-state index in [2.05, 4.69) is 21.9 Å². The highest BCUT2D eigenvalue weighted by molar-refractivity contribution is 5.99. The molecule has 1 aliphatic rings. The molecule has 1 saturated heterocycles. The van der Waals surface area contributed by atoms with Crippen molar-refractivity contribution in [3.05, 3.63) is 59.7 Å². The predicted octanol–water partition coefficient (Wildman–Crippen LogP) is 4.14. The highest BCUT2D eigenvalue weighted by Gasteiger charge is 2.30. The molecule has 0 saturated carbocycles. The molecule has 0 aliphatic carbocycles. The van der Waals surface area contributed by atoms with E-state index in [4.69, 9.17) is 15.7 Å². The van der Waals surface area contributed by atoms with E-state index in [1.807, 2.05) is 31.2 Å². The quantitative estimate of drug-likeness (QED) is 0.488. The molecule has 34 heavy (non-hydrogen) atoms. The fraction of sp³-hybridized carbons (Fsp3) is 0.292. The van der Waals surface area contributed by atoms with Crippen LogP contribution in [0.4, 0.5) is 24.9 Å². The Hall–Kier alpha value is -3.66. The van der Waals surface area contributed by atoms with Gasteiger partial charge in [-0.15, -0.1) is 5.10 Å². The molecule has 0 atom stereocenters. The van der Waals surface area contributed by atoms with Crippen molar-refractivity contribution in [2.75, 3.05) is 43.9 Å². The van der Waals surface area contributed by atoms with E-state index in [-0.39, 0.29) is 5.82 Å². The average molecular weight is 467 g/mol. The van der Waals surface area contributed by atoms with Crippen LogP contribution in [0.2, 0.25) is 0 Å². The lowest BCUT2D eigenvalue weighted by molar-refractivity contribution is -0.137. The molecule has 0 unspecified atom stereocenters. The molecule has 10 heteroatoms. The first-order valence-electron chi connectivity index (χ1n) is 10.9. The minimum Gasteiger partial charge on any atom is -0.383 e. The number of likely N-dealkylation sites (N-methyl/N-ethyl adjacent to an activating group) is 1. The molecule has 176 valence electrons. The lowest BCUT2D eigenvalue weighted by atomic mass is 10.1. The Morgan fingerprint density at radius 3 is 2.29 bits per heavy atom. The number of hydrogen-bond donors (Lipinski definition) is 1. The number of nitrogens with two attached hydrogens (primary N) is 1. The summed E-state index contributed by atoms with van der Waals surface area (Å²) in [4.78, 5) is 14.0. The van der Waals surface area contributed by atoms with Crippen molar-refractivity contribution in [2.45, 2.75) is 13.1 Å². The number of fused-ring (bicyclic) bond motifs is 1. The smallest absolute Gasteiger partial charge is 0.383 e. The van der Waals surface area contributed by atoms with Crippen LogP contribution in [0.5, 0.6) is 0 Å². The molecule has 4 aromatic rings. The maximum absolute atomic E-state index is 13.0. The minimum absolute atomic E-state index is 0.274. The number of aryl methyl sites for hydroxylation is 1. The molecular weight excluding hydrogens is 443 g/mol. The average Bonchev–Trinajstić information content (AvgIpc) is 3.15. The van der Waals surface area contributed by atoms with Gasteiger partial charge in [0.2, 0.25) is 5.95 Å². The first kappa shape index (κ1) is 22.1. The lowest BCUT2D eigenvalue weighted by Crippen LogP contribution is -2.45. The van der Waals surface area contributed by atoms with Gasteiger partial charge in [0.15, 0.2) is 5.65 Å². The van der Waals surface area contributed by atoms with Crippen LogP contribution in [0.1, 0.15) is 11.1 Å². The van der Waals surface area contributed by atoms with Crippen molar-refractivity contribution < 1.29 is 13.2 Å². The molecule has 3 heterocycles. The van der Waals surface area contributed by atoms with Crippen LogP contribution < -0.4 is 10.6 Å². The lowest BCUT2D eigenvalue weighted by Gasteiger charge is -2.32. The van der Waals surface area contributed by atoms with Gasteiger partial charge in [0.1, 0.15) is 5.82 Å². The standard InChI is InChI=1S/C24H24F3N7/c1-15-4-3-5-16(14-15)20-19-21(28)34(18-8-6-17(7-9-18)24(25,26)27)31-22(19)30-23(29-20)33-12-10-32(2)11-13-33/h3-9,14H,10-13,28H2,1-2H3. The normalized spacial score (nSPS) is 15.3. The van der Waals surface area contributed by atoms with E-state index >= 15 is 0 Å². The van der Waals surface area contributed by atoms with Gasteiger partial charge in [-0.2, -0.15) is 18.2 Å². The van der Waals surface area contributed by atoms with Crippen LogP contribution in [0, 0.1) is 6.92 Å². The summed E-state index contributed by atoms with van der Waals surface area (Å²) in [6.45, 7) is 5.35. The molecule has 0 radical (unpaired) electrons. The van der Waals surface area contributed by atoms with E-state index in [0.717, 1.165) is 49.4 Å². The number of piperazine rings is 1. The van der Waals surface area contributed by atoms with Gasteiger partial charge in [0.25, 0.3) is 0 Å². The van der Waals surface area contributed by atoms with Gasteiger partial charge < -0.3 is 15.5 Å². The Kier molecular flexibility index (Phi) is 5.40. The maximum atomic E-state index is 13.0. The molecule has 7 nitrogen and oxygen atoms in total. The van der Waals surface area contributed by atoms with E-state index in [9.17, 15) is 13.2 Å². The summed E-state index contributed by atoms with van der Waals surface area (Å²) in [6.07, 6.45) is -4.42. The van der Waals surface area contributed by atoms with Crippen molar-refractivity contribution in [3.63, 3.8) is 0 Å². The van der Waals surface area contributed by atoms with E-state index in [1.165, 1.54) is 16.8 Å². The zero-order valence-electron chi connectivity index (χ0n) is 18.8. The Morgan fingerprint density at radius 1 is 0.941 bits per heavy atom. The topological polar surface area (TPSA) is 76.1 Å². The van der Waals surface area contributed by atoms with Gasteiger partial charge >= 0.3 is 6.18 Å². The van der Waals surface area contributed by atoms with E-state index in [1.54, 1.807) is 0 Å². The third kappa shape index (κ3) is 4.05. The third-order valence-electron chi connectivity index (χ3n) is 6.07. The summed E-state index contributed by atoms with van der Waals surface area (Å²) >= 11 is 0. The Bertz CT molecular complexity index is 1340. The van der Waals surface area contributed by atoms with Crippen molar-refractivity contribution in [3.8, 4) is 16.9 Å². The van der Waals surface area contributed by atoms with Crippen LogP contribution in [0.3, 0.4) is 0 Å². The molecule has 5 rings (SSSR count). The fourth-order valence-electron chi connectivity index (χ4n) is 4.14. The van der Waals surface area contributed by atoms with Crippen molar-refractivity contribution >= 4 is 22.8 Å². The molecular formula is C24H24F3N7. The van der Waals surface area contributed by atoms with Crippen LogP contribution >= 0.6 is 0 Å². The Balaban J connectivity index is 1.67. The number of anilines is 2. The summed E-state index contributed by atoms with van der Waals surface area (Å²) in [6, 6.07) is 12.7. The van der Waals surface area contributed by atoms with Crippen molar-refractivity contribution in [2.24, 2.45) is 0 Å². The Labute approximate surface area is 194 Å². The van der Waals surface area contributed by atoms with Crippen LogP contribution in [-0.4, -0.2) is 57.9 Å². The molecule has 0 spiro atoms. The molecule has 1 fully saturated rings. The molecule has 0 bridgehead atoms. The first-order chi connectivity index (χ1) is 16.2. The van der Waals surface area contributed by atoms with Gasteiger partial charge in [0, 0.05) is 31.7 Å². The van der Waals surface area contributed by atoms with Gasteiger partial charge in [-0.05, 0) is 44.3 Å². The van der Waals surface area contributed by atoms with Crippen LogP contribution in [0.15, 0.2) is 48.5 Å². The summed E-state index contributed by atoms with van der Waals surface area (Å²) in [7, 11) is 2.08. The molecule has 2 aromatic carbocycles. The van der Waals surface area contributed by atoms with E-state index < -0.39 is 11.7 Å². The summed E-state index contributed by atoms with van der Waals surface area (Å²) < 4.78 is 40.5. The zero-order valence-corrected chi connectivity index (χ0v) is 18.8. The van der Waals surface area contributed by atoms with Crippen LogP contribution in [0.25, 0.3) is 28.0 Å². The van der Waals surface area contributed by atoms with Crippen molar-refractivity contribution in [1.82, 2.24) is 24.6 Å². The number of rotatable bonds is 3. The molecule has 0 amide bonds. The number of alkyl halides is 3. The second-order valence-corrected chi connectivity index (χ2v) is 8.57. The second kappa shape index (κ2) is 8.28. The largest absolute Gasteiger partial charge is 0.416 e. The first-order valence-corrected chi connectivity index (χ1v) is 10.9. The number of nitrogen functional groups attached to an aromatic ring is 1. The summed E-state index contributed by atoms with van der Waals surface area (Å²) in [5.74, 6) is 0.838. The maximum Gasteiger partial charge on any atom is 0.416 e. The number of nitrogens with zero attached hydrogens (tertiary/aromatic N) is 6. The molecule has 2 N–H and O–H groups in total. The van der Waals surface area contributed by atoms with Crippen molar-refractivity contribution in [1.29, 1.82) is 0 Å². The van der Waals surface area contributed by atoms with Gasteiger partial charge in [-0.25, -0.2) is 9.67 Å². The number of halogens is 3. The van der Waals surface area contributed by atoms with Crippen LogP contribution in [-0.2, 0) is 6.18 Å². The zero-order chi connectivity index (χ0) is 24.0. The molecule has 1 aliphatic heterocycles. The third-order valence-corrected chi connectivity index (χ3v) is 6.07. The van der Waals surface area contributed by atoms with Gasteiger partial charge in [0.05, 0.1) is 22.3 Å². The van der Waals surface area contributed by atoms with E-state index in [0.29, 0.717) is 28.4 Å². The minimum atomic E-state index is -4.42. The highest BCUT2D eigenvalue weighted by Crippen LogP contribution is 2.35. The Morgan fingerprint density at radius 2 is 1.65 bits per heavy atom. The number of aromatic nitrogens is 4. The summed E-state index contributed by atoms with van der Waals surface area (Å²) in [5, 5.41) is 5.15. The second-order valence-electron chi connectivity index (χ2n) is 8.57. The SMILES string of the molecule is Cc1cccc(-c2nc(N3CCN(C)CC3)nc3nn(-c4ccc(C(F)(F)F)cc4)c(N)c23)c1. The fourth-order valence-corrected chi connectivity index (χ4v) is 4.14. The van der Waals surface area contributed by atoms with Gasteiger partial charge in [-0.3, -0.25) is 0 Å². The van der Waals surface area contributed by atoms with Gasteiger partial charge in [-0.1, -0.05) is 23.8 Å². The number of hydrogen-bond acceptors (Lipinski definition) is 6. The predicted molar refractivity (Wildman–Crippen MR) is 126 cm³/mol. The summed E-state index contributed by atoms with van der Waals surface area (Å²) in [5.41, 5.74) is 9.18. The highest BCUT2D eigenvalue weighted by atomic mass is 19.4.